The molecule has 4 nitrogen and oxygen atoms in total. The number of carbonyl (C=O) groups is 1. The smallest absolute Gasteiger partial charge is 0.319 e. The van der Waals surface area contributed by atoms with Crippen LogP contribution in [0.15, 0.2) is 47.1 Å². The molecular formula is C15H16BrN3O. The molecule has 2 amide bonds. The molecule has 5 heteroatoms. The lowest BCUT2D eigenvalue weighted by Crippen LogP contribution is -2.30. The maximum absolute atomic E-state index is 11.8. The minimum Gasteiger partial charge on any atom is -0.337 e. The molecule has 0 saturated carbocycles. The molecule has 2 rings (SSSR count). The number of urea groups is 1. The number of halogens is 1. The summed E-state index contributed by atoms with van der Waals surface area (Å²) in [7, 11) is 0. The maximum Gasteiger partial charge on any atom is 0.319 e. The molecule has 0 aliphatic carbocycles. The van der Waals surface area contributed by atoms with Crippen molar-refractivity contribution in [3.8, 4) is 0 Å². The minimum absolute atomic E-state index is 0.202. The number of nitrogens with one attached hydrogen (secondary N) is 2. The molecule has 0 spiro atoms. The molecule has 0 radical (unpaired) electrons. The van der Waals surface area contributed by atoms with E-state index < -0.39 is 0 Å². The number of aromatic nitrogens is 1. The number of pyridine rings is 1. The first-order chi connectivity index (χ1) is 9.65. The summed E-state index contributed by atoms with van der Waals surface area (Å²) < 4.78 is 0.996. The largest absolute Gasteiger partial charge is 0.337 e. The van der Waals surface area contributed by atoms with Crippen molar-refractivity contribution in [1.29, 1.82) is 0 Å². The van der Waals surface area contributed by atoms with E-state index in [4.69, 9.17) is 0 Å². The predicted octanol–water partition coefficient (Wildman–Crippen LogP) is 3.52. The lowest BCUT2D eigenvalue weighted by Gasteiger charge is -2.10. The molecule has 1 aromatic carbocycles. The van der Waals surface area contributed by atoms with Gasteiger partial charge in [-0.25, -0.2) is 4.79 Å². The van der Waals surface area contributed by atoms with Crippen molar-refractivity contribution < 1.29 is 4.79 Å². The Balaban J connectivity index is 1.81. The summed E-state index contributed by atoms with van der Waals surface area (Å²) in [6.07, 6.45) is 2.47. The van der Waals surface area contributed by atoms with Gasteiger partial charge in [0, 0.05) is 35.0 Å². The van der Waals surface area contributed by atoms with E-state index in [0.29, 0.717) is 13.0 Å². The number of hydrogen-bond donors (Lipinski definition) is 2. The van der Waals surface area contributed by atoms with E-state index in [1.165, 1.54) is 0 Å². The molecule has 1 heterocycles. The molecule has 0 aliphatic rings. The lowest BCUT2D eigenvalue weighted by atomic mass is 10.2. The number of amides is 2. The summed E-state index contributed by atoms with van der Waals surface area (Å²) in [4.78, 5) is 16.0. The highest BCUT2D eigenvalue weighted by molar-refractivity contribution is 9.10. The highest BCUT2D eigenvalue weighted by Crippen LogP contribution is 2.19. The van der Waals surface area contributed by atoms with Crippen LogP contribution >= 0.6 is 15.9 Å². The fourth-order valence-corrected chi connectivity index (χ4v) is 2.26. The molecule has 0 fully saturated rings. The van der Waals surface area contributed by atoms with E-state index in [0.717, 1.165) is 21.4 Å². The van der Waals surface area contributed by atoms with Gasteiger partial charge in [0.05, 0.1) is 0 Å². The average Bonchev–Trinajstić information content (AvgIpc) is 2.43. The van der Waals surface area contributed by atoms with Gasteiger partial charge in [0.25, 0.3) is 0 Å². The van der Waals surface area contributed by atoms with Gasteiger partial charge in [-0.15, -0.1) is 0 Å². The van der Waals surface area contributed by atoms with Crippen molar-refractivity contribution in [2.24, 2.45) is 0 Å². The summed E-state index contributed by atoms with van der Waals surface area (Å²) in [5.74, 6) is 0. The second-order valence-corrected chi connectivity index (χ2v) is 5.33. The highest BCUT2D eigenvalue weighted by atomic mass is 79.9. The number of benzene rings is 1. The Morgan fingerprint density at radius 2 is 2.15 bits per heavy atom. The first-order valence-corrected chi connectivity index (χ1v) is 7.15. The molecule has 1 aromatic heterocycles. The molecule has 2 aromatic rings. The Morgan fingerprint density at radius 1 is 1.30 bits per heavy atom. The predicted molar refractivity (Wildman–Crippen MR) is 83.8 cm³/mol. The van der Waals surface area contributed by atoms with Crippen LogP contribution in [0.1, 0.15) is 11.3 Å². The van der Waals surface area contributed by atoms with Crippen molar-refractivity contribution in [3.63, 3.8) is 0 Å². The second kappa shape index (κ2) is 7.05. The first-order valence-electron chi connectivity index (χ1n) is 6.36. The summed E-state index contributed by atoms with van der Waals surface area (Å²) in [6.45, 7) is 2.51. The summed E-state index contributed by atoms with van der Waals surface area (Å²) >= 11 is 3.40. The van der Waals surface area contributed by atoms with Gasteiger partial charge in [0.1, 0.15) is 0 Å². The summed E-state index contributed by atoms with van der Waals surface area (Å²) in [5, 5.41) is 5.65. The third-order valence-corrected chi connectivity index (χ3v) is 3.32. The van der Waals surface area contributed by atoms with Crippen LogP contribution in [0.4, 0.5) is 10.5 Å². The molecular weight excluding hydrogens is 318 g/mol. The SMILES string of the molecule is Cc1cc(Br)ccc1NC(=O)NCCc1ccccn1. The van der Waals surface area contributed by atoms with E-state index in [-0.39, 0.29) is 6.03 Å². The van der Waals surface area contributed by atoms with Gasteiger partial charge in [0.15, 0.2) is 0 Å². The van der Waals surface area contributed by atoms with Gasteiger partial charge >= 0.3 is 6.03 Å². The van der Waals surface area contributed by atoms with Gasteiger partial charge in [-0.2, -0.15) is 0 Å². The van der Waals surface area contributed by atoms with Crippen molar-refractivity contribution >= 4 is 27.6 Å². The van der Waals surface area contributed by atoms with Gasteiger partial charge in [-0.1, -0.05) is 22.0 Å². The van der Waals surface area contributed by atoms with Crippen LogP contribution < -0.4 is 10.6 Å². The zero-order chi connectivity index (χ0) is 14.4. The van der Waals surface area contributed by atoms with Gasteiger partial charge in [-0.3, -0.25) is 4.98 Å². The Labute approximate surface area is 126 Å². The number of nitrogens with zero attached hydrogens (tertiary/aromatic N) is 1. The topological polar surface area (TPSA) is 54.0 Å². The molecule has 104 valence electrons. The zero-order valence-electron chi connectivity index (χ0n) is 11.2. The Kier molecular flexibility index (Phi) is 5.12. The highest BCUT2D eigenvalue weighted by Gasteiger charge is 2.04. The summed E-state index contributed by atoms with van der Waals surface area (Å²) in [5.41, 5.74) is 2.79. The summed E-state index contributed by atoms with van der Waals surface area (Å²) in [6, 6.07) is 11.3. The quantitative estimate of drug-likeness (QED) is 0.899. The van der Waals surface area contributed by atoms with Crippen molar-refractivity contribution in [2.75, 3.05) is 11.9 Å². The minimum atomic E-state index is -0.202. The second-order valence-electron chi connectivity index (χ2n) is 4.41. The molecule has 2 N–H and O–H groups in total. The van der Waals surface area contributed by atoms with Crippen LogP contribution in [-0.2, 0) is 6.42 Å². The normalized spacial score (nSPS) is 10.1. The van der Waals surface area contributed by atoms with Crippen molar-refractivity contribution in [1.82, 2.24) is 10.3 Å². The van der Waals surface area contributed by atoms with Gasteiger partial charge < -0.3 is 10.6 Å². The van der Waals surface area contributed by atoms with Crippen LogP contribution in [0.25, 0.3) is 0 Å². The zero-order valence-corrected chi connectivity index (χ0v) is 12.8. The van der Waals surface area contributed by atoms with E-state index >= 15 is 0 Å². The van der Waals surface area contributed by atoms with Crippen LogP contribution in [0.5, 0.6) is 0 Å². The standard InChI is InChI=1S/C15H16BrN3O/c1-11-10-12(16)5-6-14(11)19-15(20)18-9-7-13-4-2-3-8-17-13/h2-6,8,10H,7,9H2,1H3,(H2,18,19,20). The molecule has 0 bridgehead atoms. The Bertz CT molecular complexity index is 587. The van der Waals surface area contributed by atoms with Crippen molar-refractivity contribution in [2.45, 2.75) is 13.3 Å². The Morgan fingerprint density at radius 3 is 2.85 bits per heavy atom. The van der Waals surface area contributed by atoms with Gasteiger partial charge in [0.2, 0.25) is 0 Å². The third kappa shape index (κ3) is 4.35. The number of carbonyl (C=O) groups excluding carboxylic acids is 1. The fourth-order valence-electron chi connectivity index (χ4n) is 1.78. The van der Waals surface area contributed by atoms with E-state index in [1.807, 2.05) is 43.3 Å². The van der Waals surface area contributed by atoms with Crippen LogP contribution in [0, 0.1) is 6.92 Å². The molecule has 0 saturated heterocycles. The average molecular weight is 334 g/mol. The van der Waals surface area contributed by atoms with Crippen LogP contribution in [0.2, 0.25) is 0 Å². The molecule has 0 atom stereocenters. The number of hydrogen-bond acceptors (Lipinski definition) is 2. The lowest BCUT2D eigenvalue weighted by molar-refractivity contribution is 0.252. The van der Waals surface area contributed by atoms with E-state index in [2.05, 4.69) is 31.5 Å². The molecule has 20 heavy (non-hydrogen) atoms. The van der Waals surface area contributed by atoms with Crippen LogP contribution in [0.3, 0.4) is 0 Å². The third-order valence-electron chi connectivity index (χ3n) is 2.83. The fraction of sp³-hybridized carbons (Fsp3) is 0.200. The number of rotatable bonds is 4. The Hall–Kier alpha value is -1.88. The maximum atomic E-state index is 11.8. The van der Waals surface area contributed by atoms with Gasteiger partial charge in [-0.05, 0) is 42.8 Å². The molecule has 0 aliphatic heterocycles. The monoisotopic (exact) mass is 333 g/mol. The number of aryl methyl sites for hydroxylation is 1. The van der Waals surface area contributed by atoms with E-state index in [9.17, 15) is 4.79 Å². The first kappa shape index (κ1) is 14.5. The van der Waals surface area contributed by atoms with E-state index in [1.54, 1.807) is 6.20 Å². The molecule has 0 unspecified atom stereocenters. The van der Waals surface area contributed by atoms with Crippen LogP contribution in [-0.4, -0.2) is 17.6 Å². The van der Waals surface area contributed by atoms with Crippen molar-refractivity contribution in [3.05, 3.63) is 58.3 Å². The number of anilines is 1.